The lowest BCUT2D eigenvalue weighted by Gasteiger charge is -2.38. The van der Waals surface area contributed by atoms with Gasteiger partial charge in [-0.3, -0.25) is 14.6 Å². The third-order valence-corrected chi connectivity index (χ3v) is 9.20. The second-order valence-electron chi connectivity index (χ2n) is 12.8. The number of carbonyl (C=O) groups is 2. The molecule has 3 N–H and O–H groups in total. The molecule has 7 rings (SSSR count). The van der Waals surface area contributed by atoms with E-state index in [0.717, 1.165) is 65.3 Å². The number of methoxy groups -OCH3 is 1. The van der Waals surface area contributed by atoms with Gasteiger partial charge in [0.1, 0.15) is 16.9 Å². The number of benzene rings is 1. The Morgan fingerprint density at radius 1 is 1.09 bits per heavy atom. The van der Waals surface area contributed by atoms with Crippen molar-refractivity contribution in [2.75, 3.05) is 27.2 Å². The molecule has 1 aliphatic heterocycles. The minimum Gasteiger partial charge on any atom is -0.494 e. The van der Waals surface area contributed by atoms with E-state index in [1.54, 1.807) is 30.4 Å². The molecular formula is C34H40N10O3. The summed E-state index contributed by atoms with van der Waals surface area (Å²) in [6.45, 7) is 5.71. The minimum absolute atomic E-state index is 0.0638. The van der Waals surface area contributed by atoms with Crippen LogP contribution in [-0.4, -0.2) is 84.2 Å². The van der Waals surface area contributed by atoms with Gasteiger partial charge in [-0.2, -0.15) is 0 Å². The van der Waals surface area contributed by atoms with Crippen LogP contribution >= 0.6 is 0 Å². The Morgan fingerprint density at radius 3 is 2.64 bits per heavy atom. The van der Waals surface area contributed by atoms with Gasteiger partial charge < -0.3 is 24.9 Å². The van der Waals surface area contributed by atoms with Crippen molar-refractivity contribution < 1.29 is 14.3 Å². The zero-order valence-electron chi connectivity index (χ0n) is 27.4. The van der Waals surface area contributed by atoms with Gasteiger partial charge in [-0.1, -0.05) is 0 Å². The minimum atomic E-state index is -0.367. The summed E-state index contributed by atoms with van der Waals surface area (Å²) in [5, 5.41) is 7.59. The molecule has 2 amide bonds. The van der Waals surface area contributed by atoms with Crippen LogP contribution in [0.3, 0.4) is 0 Å². The summed E-state index contributed by atoms with van der Waals surface area (Å²) in [6.07, 6.45) is 4.75. The maximum absolute atomic E-state index is 13.7. The first-order valence-electron chi connectivity index (χ1n) is 16.0. The molecule has 0 unspecified atom stereocenters. The lowest BCUT2D eigenvalue weighted by molar-refractivity contribution is -0.0168. The van der Waals surface area contributed by atoms with E-state index in [0.29, 0.717) is 35.8 Å². The number of imidazole rings is 1. The van der Waals surface area contributed by atoms with E-state index in [1.807, 2.05) is 55.7 Å². The van der Waals surface area contributed by atoms with Crippen LogP contribution in [0.25, 0.3) is 33.6 Å². The van der Waals surface area contributed by atoms with Crippen molar-refractivity contribution in [3.8, 4) is 17.3 Å². The standard InChI is InChI=1S/C34H40N10O3/c1-19-10-12-36-30(37-19)33(45)38-20(2)25-9-8-22-15-27(43(31(22)39-25)17-21-6-7-21)32-40-26-14-23(16-28(47-5)29(26)42(32)4)34(46)44-18-24(35)11-13-41(44)3/h8-10,12,14-16,20-21,24H,6-7,11,13,17-18,35H2,1-5H3,(H,38,45)/t20-,24-/m1/s1. The Morgan fingerprint density at radius 2 is 1.89 bits per heavy atom. The van der Waals surface area contributed by atoms with Crippen molar-refractivity contribution >= 4 is 33.9 Å². The third kappa shape index (κ3) is 5.80. The summed E-state index contributed by atoms with van der Waals surface area (Å²) in [5.74, 6) is 1.53. The summed E-state index contributed by atoms with van der Waals surface area (Å²) < 4.78 is 10.1. The van der Waals surface area contributed by atoms with Gasteiger partial charge in [-0.25, -0.2) is 24.9 Å². The quantitative estimate of drug-likeness (QED) is 0.260. The van der Waals surface area contributed by atoms with Gasteiger partial charge in [0.2, 0.25) is 5.82 Å². The number of nitrogens with zero attached hydrogens (tertiary/aromatic N) is 8. The van der Waals surface area contributed by atoms with Gasteiger partial charge in [-0.05, 0) is 75.4 Å². The van der Waals surface area contributed by atoms with Crippen LogP contribution < -0.4 is 15.8 Å². The van der Waals surface area contributed by atoms with Crippen molar-refractivity contribution in [3.63, 3.8) is 0 Å². The van der Waals surface area contributed by atoms with E-state index < -0.39 is 0 Å². The molecule has 1 aliphatic carbocycles. The molecule has 13 nitrogen and oxygen atoms in total. The van der Waals surface area contributed by atoms with Crippen molar-refractivity contribution in [1.82, 2.24) is 44.4 Å². The molecule has 0 radical (unpaired) electrons. The molecule has 0 spiro atoms. The average molecular weight is 637 g/mol. The SMILES string of the molecule is COc1cc(C(=O)N2C[C@H](N)CCN2C)cc2nc(-c3cc4ccc([C@@H](C)NC(=O)c5nccc(C)n5)nc4n3CC3CC3)n(C)c12. The van der Waals surface area contributed by atoms with Gasteiger partial charge in [-0.15, -0.1) is 0 Å². The molecule has 47 heavy (non-hydrogen) atoms. The number of pyridine rings is 1. The first-order chi connectivity index (χ1) is 22.6. The molecule has 1 saturated carbocycles. The number of ether oxygens (including phenoxy) is 1. The highest BCUT2D eigenvalue weighted by molar-refractivity contribution is 6.00. The highest BCUT2D eigenvalue weighted by Crippen LogP contribution is 2.38. The lowest BCUT2D eigenvalue weighted by Crippen LogP contribution is -2.55. The van der Waals surface area contributed by atoms with Crippen LogP contribution in [0.4, 0.5) is 0 Å². The smallest absolute Gasteiger partial charge is 0.289 e. The molecule has 1 saturated heterocycles. The zero-order chi connectivity index (χ0) is 33.0. The van der Waals surface area contributed by atoms with Crippen LogP contribution in [0, 0.1) is 12.8 Å². The molecule has 1 aromatic carbocycles. The molecule has 0 bridgehead atoms. The average Bonchev–Trinajstić information content (AvgIpc) is 3.74. The zero-order valence-corrected chi connectivity index (χ0v) is 27.4. The first kappa shape index (κ1) is 30.8. The maximum Gasteiger partial charge on any atom is 0.289 e. The summed E-state index contributed by atoms with van der Waals surface area (Å²) in [7, 11) is 5.48. The highest BCUT2D eigenvalue weighted by Gasteiger charge is 2.30. The van der Waals surface area contributed by atoms with Crippen LogP contribution in [0.2, 0.25) is 0 Å². The molecule has 5 heterocycles. The number of amides is 2. The van der Waals surface area contributed by atoms with Crippen LogP contribution in [0.15, 0.2) is 42.6 Å². The summed E-state index contributed by atoms with van der Waals surface area (Å²) in [4.78, 5) is 45.1. The highest BCUT2D eigenvalue weighted by atomic mass is 16.5. The predicted molar refractivity (Wildman–Crippen MR) is 178 cm³/mol. The Balaban J connectivity index is 1.26. The molecule has 5 aromatic rings. The van der Waals surface area contributed by atoms with Gasteiger partial charge in [0.25, 0.3) is 11.8 Å². The van der Waals surface area contributed by atoms with Crippen molar-refractivity contribution in [3.05, 3.63) is 65.4 Å². The molecule has 244 valence electrons. The first-order valence-corrected chi connectivity index (χ1v) is 16.0. The predicted octanol–water partition coefficient (Wildman–Crippen LogP) is 3.62. The number of hydrogen-bond acceptors (Lipinski definition) is 9. The number of nitrogens with two attached hydrogens (primary N) is 1. The largest absolute Gasteiger partial charge is 0.494 e. The second kappa shape index (κ2) is 12.0. The fraction of sp³-hybridized carbons (Fsp3) is 0.412. The summed E-state index contributed by atoms with van der Waals surface area (Å²) in [5.41, 5.74) is 11.4. The number of hydrazine groups is 1. The monoisotopic (exact) mass is 636 g/mol. The number of carbonyl (C=O) groups excluding carboxylic acids is 2. The summed E-state index contributed by atoms with van der Waals surface area (Å²) in [6, 6.07) is 11.0. The molecule has 2 atom stereocenters. The molecule has 2 fully saturated rings. The maximum atomic E-state index is 13.7. The molecule has 13 heteroatoms. The van der Waals surface area contributed by atoms with Gasteiger partial charge in [0.05, 0.1) is 36.6 Å². The Kier molecular flexibility index (Phi) is 7.88. The Labute approximate surface area is 272 Å². The Hall–Kier alpha value is -4.88. The van der Waals surface area contributed by atoms with Gasteiger partial charge in [0.15, 0.2) is 5.82 Å². The number of fused-ring (bicyclic) bond motifs is 2. The van der Waals surface area contributed by atoms with E-state index >= 15 is 0 Å². The van der Waals surface area contributed by atoms with Crippen molar-refractivity contribution in [1.29, 1.82) is 0 Å². The lowest BCUT2D eigenvalue weighted by atomic mass is 10.1. The fourth-order valence-corrected chi connectivity index (χ4v) is 6.34. The number of rotatable bonds is 8. The number of nitrogens with one attached hydrogen (secondary N) is 1. The number of hydrogen-bond donors (Lipinski definition) is 2. The molecular weight excluding hydrogens is 596 g/mol. The topological polar surface area (TPSA) is 149 Å². The number of aryl methyl sites for hydroxylation is 2. The van der Waals surface area contributed by atoms with E-state index in [1.165, 1.54) is 0 Å². The van der Waals surface area contributed by atoms with Gasteiger partial charge in [0, 0.05) is 56.1 Å². The van der Waals surface area contributed by atoms with E-state index in [-0.39, 0.29) is 29.7 Å². The van der Waals surface area contributed by atoms with E-state index in [9.17, 15) is 9.59 Å². The molecule has 2 aliphatic rings. The normalized spacial score (nSPS) is 17.7. The van der Waals surface area contributed by atoms with Crippen LogP contribution in [0.5, 0.6) is 5.75 Å². The van der Waals surface area contributed by atoms with Crippen molar-refractivity contribution in [2.24, 2.45) is 18.7 Å². The van der Waals surface area contributed by atoms with Crippen LogP contribution in [-0.2, 0) is 13.6 Å². The van der Waals surface area contributed by atoms with E-state index in [4.69, 9.17) is 20.4 Å². The third-order valence-electron chi connectivity index (χ3n) is 9.20. The Bertz CT molecular complexity index is 2010. The second-order valence-corrected chi connectivity index (χ2v) is 12.8. The number of aromatic nitrogens is 6. The van der Waals surface area contributed by atoms with Crippen LogP contribution in [0.1, 0.15) is 64.6 Å². The van der Waals surface area contributed by atoms with Gasteiger partial charge >= 0.3 is 0 Å². The van der Waals surface area contributed by atoms with E-state index in [2.05, 4.69) is 25.9 Å². The molecule has 4 aromatic heterocycles. The van der Waals surface area contributed by atoms with Crippen molar-refractivity contribution in [2.45, 2.75) is 51.7 Å². The fourth-order valence-electron chi connectivity index (χ4n) is 6.34. The summed E-state index contributed by atoms with van der Waals surface area (Å²) >= 11 is 0.